The third-order valence-electron chi connectivity index (χ3n) is 5.37. The summed E-state index contributed by atoms with van der Waals surface area (Å²) >= 11 is 5.89. The van der Waals surface area contributed by atoms with Crippen molar-refractivity contribution in [2.75, 3.05) is 50.7 Å². The van der Waals surface area contributed by atoms with Crippen molar-refractivity contribution in [2.24, 2.45) is 5.92 Å². The number of nitro groups is 1. The van der Waals surface area contributed by atoms with Gasteiger partial charge in [-0.15, -0.1) is 0 Å². The zero-order valence-corrected chi connectivity index (χ0v) is 15.9. The third-order valence-corrected chi connectivity index (χ3v) is 5.61. The molecule has 1 unspecified atom stereocenters. The van der Waals surface area contributed by atoms with E-state index in [2.05, 4.69) is 6.92 Å². The Morgan fingerprint density at radius 1 is 1.35 bits per heavy atom. The summed E-state index contributed by atoms with van der Waals surface area (Å²) in [6, 6.07) is 4.74. The lowest BCUT2D eigenvalue weighted by atomic mass is 10.0. The molecule has 0 saturated carbocycles. The van der Waals surface area contributed by atoms with Crippen molar-refractivity contribution in [1.82, 2.24) is 4.90 Å². The van der Waals surface area contributed by atoms with Gasteiger partial charge in [-0.05, 0) is 25.0 Å². The van der Waals surface area contributed by atoms with E-state index in [0.29, 0.717) is 49.4 Å². The van der Waals surface area contributed by atoms with Gasteiger partial charge in [0.05, 0.1) is 18.0 Å². The molecule has 26 heavy (non-hydrogen) atoms. The highest BCUT2D eigenvalue weighted by Gasteiger charge is 2.29. The number of carbonyl (C=O) groups excluding carboxylic acids is 1. The molecule has 3 rings (SSSR count). The molecule has 2 atom stereocenters. The molecule has 0 spiro atoms. The largest absolute Gasteiger partial charge is 0.362 e. The summed E-state index contributed by atoms with van der Waals surface area (Å²) in [5.74, 6) is 0.883. The first kappa shape index (κ1) is 18.9. The SMILES string of the molecule is C[C@@H]1CCC[NH+](CC(=O)N2CCN(c3ccc(Cl)cc3[N+](=O)[O-])CC2)C1. The molecule has 8 heteroatoms. The van der Waals surface area contributed by atoms with Crippen molar-refractivity contribution in [1.29, 1.82) is 0 Å². The van der Waals surface area contributed by atoms with Crippen molar-refractivity contribution in [3.8, 4) is 0 Å². The number of quaternary nitrogens is 1. The Morgan fingerprint density at radius 2 is 2.08 bits per heavy atom. The van der Waals surface area contributed by atoms with Gasteiger partial charge in [0.2, 0.25) is 0 Å². The zero-order chi connectivity index (χ0) is 18.7. The summed E-state index contributed by atoms with van der Waals surface area (Å²) in [5.41, 5.74) is 0.589. The summed E-state index contributed by atoms with van der Waals surface area (Å²) < 4.78 is 0. The van der Waals surface area contributed by atoms with Crippen LogP contribution in [0.3, 0.4) is 0 Å². The van der Waals surface area contributed by atoms with E-state index in [0.717, 1.165) is 13.1 Å². The van der Waals surface area contributed by atoms with Crippen LogP contribution in [0.1, 0.15) is 19.8 Å². The number of hydrogen-bond donors (Lipinski definition) is 1. The number of likely N-dealkylation sites (tertiary alicyclic amines) is 1. The first-order chi connectivity index (χ1) is 12.4. The van der Waals surface area contributed by atoms with Crippen molar-refractivity contribution in [3.05, 3.63) is 33.3 Å². The van der Waals surface area contributed by atoms with E-state index in [1.165, 1.54) is 23.8 Å². The molecule has 2 aliphatic heterocycles. The van der Waals surface area contributed by atoms with E-state index >= 15 is 0 Å². The predicted octanol–water partition coefficient (Wildman–Crippen LogP) is 1.21. The number of piperazine rings is 1. The van der Waals surface area contributed by atoms with Gasteiger partial charge in [-0.25, -0.2) is 0 Å². The molecule has 0 aromatic heterocycles. The van der Waals surface area contributed by atoms with Crippen LogP contribution in [0.4, 0.5) is 11.4 Å². The van der Waals surface area contributed by atoms with Crippen LogP contribution >= 0.6 is 11.6 Å². The normalized spacial score (nSPS) is 23.8. The number of anilines is 1. The average Bonchev–Trinajstić information content (AvgIpc) is 2.62. The van der Waals surface area contributed by atoms with Crippen molar-refractivity contribution < 1.29 is 14.6 Å². The van der Waals surface area contributed by atoms with E-state index in [1.807, 2.05) is 9.80 Å². The smallest absolute Gasteiger partial charge is 0.294 e. The standard InChI is InChI=1S/C18H25ClN4O3/c1-14-3-2-6-20(12-14)13-18(24)22-9-7-21(8-10-22)16-5-4-15(19)11-17(16)23(25)26/h4-5,11,14H,2-3,6-10,12-13H2,1H3/p+1/t14-/m1/s1. The van der Waals surface area contributed by atoms with Gasteiger partial charge in [-0.1, -0.05) is 18.5 Å². The van der Waals surface area contributed by atoms with Gasteiger partial charge in [0.1, 0.15) is 5.69 Å². The van der Waals surface area contributed by atoms with Gasteiger partial charge in [-0.3, -0.25) is 14.9 Å². The molecule has 1 aromatic rings. The molecule has 2 fully saturated rings. The molecule has 1 N–H and O–H groups in total. The molecule has 2 heterocycles. The van der Waals surface area contributed by atoms with E-state index in [-0.39, 0.29) is 11.6 Å². The zero-order valence-electron chi connectivity index (χ0n) is 15.1. The Bertz CT molecular complexity index is 676. The molecule has 0 bridgehead atoms. The molecule has 0 radical (unpaired) electrons. The van der Waals surface area contributed by atoms with Crippen LogP contribution < -0.4 is 9.80 Å². The summed E-state index contributed by atoms with van der Waals surface area (Å²) in [5, 5.41) is 11.6. The molecular formula is C18H26ClN4O3+. The summed E-state index contributed by atoms with van der Waals surface area (Å²) in [7, 11) is 0. The quantitative estimate of drug-likeness (QED) is 0.628. The van der Waals surface area contributed by atoms with Crippen molar-refractivity contribution >= 4 is 28.9 Å². The number of nitro benzene ring substituents is 1. The van der Waals surface area contributed by atoms with E-state index in [4.69, 9.17) is 11.6 Å². The molecule has 1 aromatic carbocycles. The summed E-state index contributed by atoms with van der Waals surface area (Å²) in [6.07, 6.45) is 2.45. The Morgan fingerprint density at radius 3 is 2.73 bits per heavy atom. The maximum atomic E-state index is 12.6. The monoisotopic (exact) mass is 381 g/mol. The Labute approximate surface area is 158 Å². The van der Waals surface area contributed by atoms with E-state index in [1.54, 1.807) is 12.1 Å². The molecule has 0 aliphatic carbocycles. The minimum absolute atomic E-state index is 0.0176. The minimum Gasteiger partial charge on any atom is -0.362 e. The van der Waals surface area contributed by atoms with Gasteiger partial charge in [0.15, 0.2) is 6.54 Å². The number of nitrogens with zero attached hydrogens (tertiary/aromatic N) is 3. The average molecular weight is 382 g/mol. The van der Waals surface area contributed by atoms with Crippen LogP contribution in [0.25, 0.3) is 0 Å². The number of nitrogens with one attached hydrogen (secondary N) is 1. The molecule has 7 nitrogen and oxygen atoms in total. The fraction of sp³-hybridized carbons (Fsp3) is 0.611. The van der Waals surface area contributed by atoms with Crippen LogP contribution in [0.15, 0.2) is 18.2 Å². The summed E-state index contributed by atoms with van der Waals surface area (Å²) in [6.45, 7) is 7.35. The lowest BCUT2D eigenvalue weighted by molar-refractivity contribution is -0.900. The maximum absolute atomic E-state index is 12.6. The van der Waals surface area contributed by atoms with Crippen LogP contribution in [0.5, 0.6) is 0 Å². The number of benzene rings is 1. The lowest BCUT2D eigenvalue weighted by Gasteiger charge is -2.36. The second kappa shape index (κ2) is 8.22. The topological polar surface area (TPSA) is 71.1 Å². The van der Waals surface area contributed by atoms with Crippen molar-refractivity contribution in [3.63, 3.8) is 0 Å². The van der Waals surface area contributed by atoms with Gasteiger partial charge in [-0.2, -0.15) is 0 Å². The molecule has 142 valence electrons. The minimum atomic E-state index is -0.403. The van der Waals surface area contributed by atoms with Crippen molar-refractivity contribution in [2.45, 2.75) is 19.8 Å². The number of rotatable bonds is 4. The van der Waals surface area contributed by atoms with Crippen LogP contribution in [-0.4, -0.2) is 61.5 Å². The van der Waals surface area contributed by atoms with Gasteiger partial charge < -0.3 is 14.7 Å². The Balaban J connectivity index is 1.57. The first-order valence-corrected chi connectivity index (χ1v) is 9.62. The fourth-order valence-corrected chi connectivity index (χ4v) is 4.16. The first-order valence-electron chi connectivity index (χ1n) is 9.24. The summed E-state index contributed by atoms with van der Waals surface area (Å²) in [4.78, 5) is 28.7. The number of hydrogen-bond acceptors (Lipinski definition) is 4. The highest BCUT2D eigenvalue weighted by molar-refractivity contribution is 6.30. The highest BCUT2D eigenvalue weighted by Crippen LogP contribution is 2.31. The number of piperidine rings is 1. The molecule has 2 aliphatic rings. The second-order valence-corrected chi connectivity index (χ2v) is 7.82. The lowest BCUT2D eigenvalue weighted by Crippen LogP contribution is -3.14. The van der Waals surface area contributed by atoms with E-state index < -0.39 is 4.92 Å². The number of amides is 1. The highest BCUT2D eigenvalue weighted by atomic mass is 35.5. The number of halogens is 1. The van der Waals surface area contributed by atoms with Crippen LogP contribution in [-0.2, 0) is 4.79 Å². The van der Waals surface area contributed by atoms with Crippen LogP contribution in [0.2, 0.25) is 5.02 Å². The van der Waals surface area contributed by atoms with Gasteiger partial charge >= 0.3 is 0 Å². The Kier molecular flexibility index (Phi) is 5.98. The fourth-order valence-electron chi connectivity index (χ4n) is 3.99. The van der Waals surface area contributed by atoms with E-state index in [9.17, 15) is 14.9 Å². The van der Waals surface area contributed by atoms with Crippen LogP contribution in [0, 0.1) is 16.0 Å². The molecule has 2 saturated heterocycles. The maximum Gasteiger partial charge on any atom is 0.294 e. The third kappa shape index (κ3) is 4.45. The van der Waals surface area contributed by atoms with Gasteiger partial charge in [0, 0.05) is 43.2 Å². The molecular weight excluding hydrogens is 356 g/mol. The molecule has 1 amide bonds. The number of carbonyl (C=O) groups is 1. The Hall–Kier alpha value is -1.86. The van der Waals surface area contributed by atoms with Gasteiger partial charge in [0.25, 0.3) is 11.6 Å². The predicted molar refractivity (Wildman–Crippen MR) is 101 cm³/mol. The second-order valence-electron chi connectivity index (χ2n) is 7.39.